The Morgan fingerprint density at radius 1 is 1.27 bits per heavy atom. The van der Waals surface area contributed by atoms with Gasteiger partial charge in [0, 0.05) is 18.3 Å². The van der Waals surface area contributed by atoms with E-state index in [4.69, 9.17) is 16.0 Å². The molecule has 1 aromatic carbocycles. The molecule has 0 saturated heterocycles. The van der Waals surface area contributed by atoms with Crippen LogP contribution in [-0.4, -0.2) is 14.5 Å². The van der Waals surface area contributed by atoms with Crippen molar-refractivity contribution in [2.24, 2.45) is 0 Å². The fourth-order valence-electron chi connectivity index (χ4n) is 2.44. The first-order valence-corrected chi connectivity index (χ1v) is 7.66. The largest absolute Gasteiger partial charge is 0.441 e. The highest BCUT2D eigenvalue weighted by molar-refractivity contribution is 6.33. The minimum absolute atomic E-state index is 0.366. The maximum atomic E-state index is 6.21. The highest BCUT2D eigenvalue weighted by atomic mass is 35.5. The van der Waals surface area contributed by atoms with Gasteiger partial charge in [-0.2, -0.15) is 0 Å². The molecule has 0 radical (unpaired) electrons. The Morgan fingerprint density at radius 3 is 2.77 bits per heavy atom. The molecule has 0 aliphatic carbocycles. The summed E-state index contributed by atoms with van der Waals surface area (Å²) >= 11 is 6.21. The number of halogens is 1. The van der Waals surface area contributed by atoms with Crippen LogP contribution in [0.1, 0.15) is 37.0 Å². The van der Waals surface area contributed by atoms with Crippen LogP contribution in [0.2, 0.25) is 5.02 Å². The molecule has 4 nitrogen and oxygen atoms in total. The zero-order valence-electron chi connectivity index (χ0n) is 12.9. The Morgan fingerprint density at radius 2 is 2.05 bits per heavy atom. The second-order valence-electron chi connectivity index (χ2n) is 5.57. The lowest BCUT2D eigenvalue weighted by molar-refractivity contribution is 0.536. The van der Waals surface area contributed by atoms with Gasteiger partial charge in [-0.05, 0) is 19.1 Å². The highest BCUT2D eigenvalue weighted by Crippen LogP contribution is 2.28. The van der Waals surface area contributed by atoms with Gasteiger partial charge in [0.2, 0.25) is 5.89 Å². The summed E-state index contributed by atoms with van der Waals surface area (Å²) in [7, 11) is 0. The van der Waals surface area contributed by atoms with Crippen LogP contribution in [-0.2, 0) is 6.54 Å². The molecule has 2 heterocycles. The smallest absolute Gasteiger partial charge is 0.228 e. The van der Waals surface area contributed by atoms with Crippen molar-refractivity contribution in [3.63, 3.8) is 0 Å². The van der Waals surface area contributed by atoms with E-state index in [1.165, 1.54) is 0 Å². The van der Waals surface area contributed by atoms with Gasteiger partial charge in [0.25, 0.3) is 0 Å². The third-order valence-corrected chi connectivity index (χ3v) is 3.91. The minimum Gasteiger partial charge on any atom is -0.441 e. The number of aryl methyl sites for hydroxylation is 1. The Kier molecular flexibility index (Phi) is 4.03. The van der Waals surface area contributed by atoms with Crippen molar-refractivity contribution in [3.05, 3.63) is 59.0 Å². The molecule has 0 aliphatic rings. The average molecular weight is 316 g/mol. The third-order valence-electron chi connectivity index (χ3n) is 3.58. The summed E-state index contributed by atoms with van der Waals surface area (Å²) in [6.45, 7) is 6.83. The first kappa shape index (κ1) is 14.9. The van der Waals surface area contributed by atoms with E-state index in [0.717, 1.165) is 22.8 Å². The Bertz CT molecular complexity index is 789. The normalized spacial score (nSPS) is 11.3. The van der Waals surface area contributed by atoms with E-state index in [2.05, 4.69) is 28.4 Å². The number of hydrogen-bond acceptors (Lipinski definition) is 3. The van der Waals surface area contributed by atoms with Crippen molar-refractivity contribution in [3.8, 4) is 11.5 Å². The average Bonchev–Trinajstić information content (AvgIpc) is 3.07. The summed E-state index contributed by atoms with van der Waals surface area (Å²) in [4.78, 5) is 9.02. The van der Waals surface area contributed by atoms with Gasteiger partial charge < -0.3 is 8.98 Å². The van der Waals surface area contributed by atoms with Gasteiger partial charge in [-0.15, -0.1) is 0 Å². The van der Waals surface area contributed by atoms with Crippen LogP contribution < -0.4 is 0 Å². The van der Waals surface area contributed by atoms with Crippen molar-refractivity contribution in [2.45, 2.75) is 33.2 Å². The molecule has 0 fully saturated rings. The van der Waals surface area contributed by atoms with E-state index in [0.29, 0.717) is 23.4 Å². The van der Waals surface area contributed by atoms with Crippen LogP contribution in [0.15, 0.2) is 41.1 Å². The molecular weight excluding hydrogens is 298 g/mol. The zero-order valence-corrected chi connectivity index (χ0v) is 13.6. The topological polar surface area (TPSA) is 43.9 Å². The van der Waals surface area contributed by atoms with E-state index < -0.39 is 0 Å². The molecule has 0 bridgehead atoms. The molecule has 0 atom stereocenters. The molecule has 0 unspecified atom stereocenters. The standard InChI is InChI=1S/C17H18ClN3O/c1-11(2)16-19-8-9-21(16)10-15-12(3)22-17(20-15)13-6-4-5-7-14(13)18/h4-9,11H,10H2,1-3H3. The van der Waals surface area contributed by atoms with Crippen molar-refractivity contribution in [1.29, 1.82) is 0 Å². The quantitative estimate of drug-likeness (QED) is 0.702. The SMILES string of the molecule is Cc1oc(-c2ccccc2Cl)nc1Cn1ccnc1C(C)C. The second-order valence-corrected chi connectivity index (χ2v) is 5.98. The monoisotopic (exact) mass is 315 g/mol. The van der Waals surface area contributed by atoms with Gasteiger partial charge in [-0.25, -0.2) is 9.97 Å². The van der Waals surface area contributed by atoms with E-state index in [-0.39, 0.29) is 0 Å². The molecule has 22 heavy (non-hydrogen) atoms. The lowest BCUT2D eigenvalue weighted by Gasteiger charge is -2.08. The maximum absolute atomic E-state index is 6.21. The number of nitrogens with zero attached hydrogens (tertiary/aromatic N) is 3. The summed E-state index contributed by atoms with van der Waals surface area (Å²) in [5.74, 6) is 2.77. The lowest BCUT2D eigenvalue weighted by Crippen LogP contribution is -2.06. The number of oxazole rings is 1. The van der Waals surface area contributed by atoms with E-state index in [1.54, 1.807) is 0 Å². The molecule has 0 amide bonds. The van der Waals surface area contributed by atoms with E-state index in [1.807, 2.05) is 43.6 Å². The van der Waals surface area contributed by atoms with Crippen LogP contribution in [0.3, 0.4) is 0 Å². The summed E-state index contributed by atoms with van der Waals surface area (Å²) in [5.41, 5.74) is 1.71. The molecule has 0 spiro atoms. The molecule has 3 rings (SSSR count). The lowest BCUT2D eigenvalue weighted by atomic mass is 10.2. The van der Waals surface area contributed by atoms with Crippen LogP contribution in [0, 0.1) is 6.92 Å². The number of benzene rings is 1. The second kappa shape index (κ2) is 5.97. The van der Waals surface area contributed by atoms with Crippen molar-refractivity contribution < 1.29 is 4.42 Å². The number of imidazole rings is 1. The number of rotatable bonds is 4. The van der Waals surface area contributed by atoms with Crippen molar-refractivity contribution in [2.75, 3.05) is 0 Å². The summed E-state index contributed by atoms with van der Waals surface area (Å²) in [6.07, 6.45) is 3.79. The molecule has 0 saturated carbocycles. The van der Waals surface area contributed by atoms with Crippen LogP contribution in [0.4, 0.5) is 0 Å². The van der Waals surface area contributed by atoms with E-state index >= 15 is 0 Å². The van der Waals surface area contributed by atoms with E-state index in [9.17, 15) is 0 Å². The number of hydrogen-bond donors (Lipinski definition) is 0. The first-order chi connectivity index (χ1) is 10.6. The summed E-state index contributed by atoms with van der Waals surface area (Å²) in [5, 5.41) is 0.640. The minimum atomic E-state index is 0.366. The van der Waals surface area contributed by atoms with Crippen LogP contribution >= 0.6 is 11.6 Å². The van der Waals surface area contributed by atoms with Gasteiger partial charge in [-0.1, -0.05) is 37.6 Å². The molecule has 2 aromatic heterocycles. The van der Waals surface area contributed by atoms with Gasteiger partial charge in [-0.3, -0.25) is 0 Å². The Labute approximate surface area is 134 Å². The van der Waals surface area contributed by atoms with Crippen molar-refractivity contribution >= 4 is 11.6 Å². The molecular formula is C17H18ClN3O. The number of aromatic nitrogens is 3. The van der Waals surface area contributed by atoms with Gasteiger partial charge in [0.1, 0.15) is 17.3 Å². The molecule has 0 aliphatic heterocycles. The maximum Gasteiger partial charge on any atom is 0.228 e. The third kappa shape index (κ3) is 2.79. The van der Waals surface area contributed by atoms with Crippen molar-refractivity contribution in [1.82, 2.24) is 14.5 Å². The molecule has 3 aromatic rings. The fourth-order valence-corrected chi connectivity index (χ4v) is 2.66. The van der Waals surface area contributed by atoms with Gasteiger partial charge in [0.15, 0.2) is 0 Å². The highest BCUT2D eigenvalue weighted by Gasteiger charge is 2.15. The van der Waals surface area contributed by atoms with Gasteiger partial charge >= 0.3 is 0 Å². The van der Waals surface area contributed by atoms with Crippen LogP contribution in [0.25, 0.3) is 11.5 Å². The van der Waals surface area contributed by atoms with Gasteiger partial charge in [0.05, 0.1) is 17.1 Å². The first-order valence-electron chi connectivity index (χ1n) is 7.28. The predicted molar refractivity (Wildman–Crippen MR) is 87.1 cm³/mol. The fraction of sp³-hybridized carbons (Fsp3) is 0.294. The Hall–Kier alpha value is -2.07. The zero-order chi connectivity index (χ0) is 15.7. The predicted octanol–water partition coefficient (Wildman–Crippen LogP) is 4.67. The summed E-state index contributed by atoms with van der Waals surface area (Å²) < 4.78 is 7.90. The molecule has 0 N–H and O–H groups in total. The molecule has 114 valence electrons. The Balaban J connectivity index is 1.93. The summed E-state index contributed by atoms with van der Waals surface area (Å²) in [6, 6.07) is 7.56. The molecule has 5 heteroatoms. The van der Waals surface area contributed by atoms with Crippen LogP contribution in [0.5, 0.6) is 0 Å².